The van der Waals surface area contributed by atoms with Gasteiger partial charge < -0.3 is 11.1 Å². The molecule has 2 aromatic rings. The van der Waals surface area contributed by atoms with Gasteiger partial charge in [-0.1, -0.05) is 11.6 Å². The fourth-order valence-electron chi connectivity index (χ4n) is 1.41. The molecule has 0 aliphatic heterocycles. The lowest BCUT2D eigenvalue weighted by atomic mass is 10.2. The van der Waals surface area contributed by atoms with Crippen LogP contribution >= 0.6 is 50.1 Å². The van der Waals surface area contributed by atoms with Crippen LogP contribution in [0.5, 0.6) is 0 Å². The summed E-state index contributed by atoms with van der Waals surface area (Å²) in [5, 5.41) is 3.68. The van der Waals surface area contributed by atoms with Crippen LogP contribution in [-0.4, -0.2) is 0 Å². The van der Waals surface area contributed by atoms with Gasteiger partial charge >= 0.3 is 0 Å². The summed E-state index contributed by atoms with van der Waals surface area (Å²) in [6.07, 6.45) is 0. The van der Waals surface area contributed by atoms with Crippen LogP contribution in [0, 0.1) is 9.39 Å². The van der Waals surface area contributed by atoms with Crippen LogP contribution in [0.2, 0.25) is 5.02 Å². The van der Waals surface area contributed by atoms with Crippen LogP contribution in [0.3, 0.4) is 0 Å². The number of nitrogen functional groups attached to an aromatic ring is 1. The van der Waals surface area contributed by atoms with Crippen molar-refractivity contribution < 1.29 is 4.39 Å². The zero-order valence-corrected chi connectivity index (χ0v) is 13.5. The average molecular weight is 441 g/mol. The van der Waals surface area contributed by atoms with Gasteiger partial charge in [-0.25, -0.2) is 4.39 Å². The number of anilines is 3. The van der Waals surface area contributed by atoms with Gasteiger partial charge in [-0.3, -0.25) is 0 Å². The van der Waals surface area contributed by atoms with Crippen molar-refractivity contribution in [3.8, 4) is 0 Å². The minimum atomic E-state index is -0.308. The third-order valence-electron chi connectivity index (χ3n) is 2.29. The molecule has 2 aromatic carbocycles. The van der Waals surface area contributed by atoms with Crippen LogP contribution in [-0.2, 0) is 0 Å². The maximum Gasteiger partial charge on any atom is 0.138 e. The van der Waals surface area contributed by atoms with Gasteiger partial charge in [-0.2, -0.15) is 0 Å². The maximum absolute atomic E-state index is 13.5. The minimum Gasteiger partial charge on any atom is -0.397 e. The van der Waals surface area contributed by atoms with E-state index in [-0.39, 0.29) is 5.82 Å². The largest absolute Gasteiger partial charge is 0.397 e. The molecule has 3 N–H and O–H groups in total. The quantitative estimate of drug-likeness (QED) is 0.498. The molecule has 6 heteroatoms. The van der Waals surface area contributed by atoms with Crippen LogP contribution in [0.15, 0.2) is 34.8 Å². The lowest BCUT2D eigenvalue weighted by Gasteiger charge is -2.12. The first-order valence-electron chi connectivity index (χ1n) is 4.94. The highest BCUT2D eigenvalue weighted by molar-refractivity contribution is 14.1. The summed E-state index contributed by atoms with van der Waals surface area (Å²) in [4.78, 5) is 0. The number of hydrogen-bond donors (Lipinski definition) is 2. The molecule has 0 aromatic heterocycles. The van der Waals surface area contributed by atoms with Crippen LogP contribution in [0.25, 0.3) is 0 Å². The van der Waals surface area contributed by atoms with E-state index >= 15 is 0 Å². The van der Waals surface area contributed by atoms with Crippen molar-refractivity contribution in [3.05, 3.63) is 49.2 Å². The molecule has 94 valence electrons. The zero-order chi connectivity index (χ0) is 13.3. The normalized spacial score (nSPS) is 10.4. The molecule has 0 bridgehead atoms. The highest BCUT2D eigenvalue weighted by Crippen LogP contribution is 2.32. The Hall–Kier alpha value is -0.530. The van der Waals surface area contributed by atoms with Crippen LogP contribution in [0.1, 0.15) is 0 Å². The Kier molecular flexibility index (Phi) is 4.34. The van der Waals surface area contributed by atoms with Gasteiger partial charge in [0.25, 0.3) is 0 Å². The number of hydrogen-bond acceptors (Lipinski definition) is 2. The van der Waals surface area contributed by atoms with Gasteiger partial charge in [0.2, 0.25) is 0 Å². The highest BCUT2D eigenvalue weighted by Gasteiger charge is 2.08. The fraction of sp³-hybridized carbons (Fsp3) is 0. The molecular weight excluding hydrogens is 433 g/mol. The first-order valence-corrected chi connectivity index (χ1v) is 7.19. The minimum absolute atomic E-state index is 0.308. The average Bonchev–Trinajstić information content (AvgIpc) is 2.29. The number of rotatable bonds is 2. The Morgan fingerprint density at radius 2 is 1.94 bits per heavy atom. The molecule has 0 aliphatic carbocycles. The Morgan fingerprint density at radius 1 is 1.22 bits per heavy atom. The summed E-state index contributed by atoms with van der Waals surface area (Å²) in [7, 11) is 0. The molecule has 2 nitrogen and oxygen atoms in total. The topological polar surface area (TPSA) is 38.0 Å². The molecule has 18 heavy (non-hydrogen) atoms. The third kappa shape index (κ3) is 3.07. The smallest absolute Gasteiger partial charge is 0.138 e. The first kappa shape index (κ1) is 13.9. The number of halogens is 4. The molecule has 0 unspecified atom stereocenters. The Morgan fingerprint density at radius 3 is 2.61 bits per heavy atom. The summed E-state index contributed by atoms with van der Waals surface area (Å²) in [5.74, 6) is -0.308. The lowest BCUT2D eigenvalue weighted by molar-refractivity contribution is 0.621. The molecule has 0 saturated carbocycles. The van der Waals surface area contributed by atoms with Crippen molar-refractivity contribution in [3.63, 3.8) is 0 Å². The van der Waals surface area contributed by atoms with E-state index in [0.29, 0.717) is 20.0 Å². The number of benzene rings is 2. The molecular formula is C12H8BrClFIN2. The second-order valence-corrected chi connectivity index (χ2v) is 6.06. The molecule has 0 fully saturated rings. The van der Waals surface area contributed by atoms with Gasteiger partial charge in [-0.15, -0.1) is 0 Å². The SMILES string of the molecule is Nc1cc(I)c(F)cc1Nc1ccc(Cl)cc1Br. The predicted molar refractivity (Wildman–Crippen MR) is 86.0 cm³/mol. The maximum atomic E-state index is 13.5. The molecule has 0 aliphatic rings. The van der Waals surface area contributed by atoms with Crippen molar-refractivity contribution in [1.82, 2.24) is 0 Å². The predicted octanol–water partition coefficient (Wildman–Crippen LogP) is 5.17. The lowest BCUT2D eigenvalue weighted by Crippen LogP contribution is -1.99. The molecule has 0 atom stereocenters. The second-order valence-electron chi connectivity index (χ2n) is 3.60. The van der Waals surface area contributed by atoms with Crippen molar-refractivity contribution in [2.24, 2.45) is 0 Å². The Labute approximate surface area is 131 Å². The number of nitrogens with one attached hydrogen (secondary N) is 1. The summed E-state index contributed by atoms with van der Waals surface area (Å²) in [5.41, 5.74) is 7.63. The fourth-order valence-corrected chi connectivity index (χ4v) is 2.68. The highest BCUT2D eigenvalue weighted by atomic mass is 127. The molecule has 2 rings (SSSR count). The molecule has 0 radical (unpaired) electrons. The first-order chi connectivity index (χ1) is 8.47. The van der Waals surface area contributed by atoms with Crippen molar-refractivity contribution in [2.45, 2.75) is 0 Å². The van der Waals surface area contributed by atoms with Gasteiger partial charge in [-0.05, 0) is 62.8 Å². The van der Waals surface area contributed by atoms with E-state index in [4.69, 9.17) is 17.3 Å². The Bertz CT molecular complexity index is 607. The van der Waals surface area contributed by atoms with E-state index in [9.17, 15) is 4.39 Å². The second kappa shape index (κ2) is 5.63. The van der Waals surface area contributed by atoms with Crippen molar-refractivity contribution in [1.29, 1.82) is 0 Å². The van der Waals surface area contributed by atoms with E-state index < -0.39 is 0 Å². The van der Waals surface area contributed by atoms with Crippen LogP contribution in [0.4, 0.5) is 21.5 Å². The van der Waals surface area contributed by atoms with E-state index in [0.717, 1.165) is 10.2 Å². The van der Waals surface area contributed by atoms with E-state index in [1.807, 2.05) is 22.6 Å². The summed E-state index contributed by atoms with van der Waals surface area (Å²) >= 11 is 11.1. The zero-order valence-electron chi connectivity index (χ0n) is 8.98. The monoisotopic (exact) mass is 440 g/mol. The number of nitrogens with two attached hydrogens (primary N) is 1. The van der Waals surface area contributed by atoms with Crippen molar-refractivity contribution in [2.75, 3.05) is 11.1 Å². The summed E-state index contributed by atoms with van der Waals surface area (Å²) < 4.78 is 14.8. The summed E-state index contributed by atoms with van der Waals surface area (Å²) in [6.45, 7) is 0. The van der Waals surface area contributed by atoms with Gasteiger partial charge in [0, 0.05) is 15.6 Å². The van der Waals surface area contributed by atoms with Gasteiger partial charge in [0.1, 0.15) is 5.82 Å². The van der Waals surface area contributed by atoms with Gasteiger partial charge in [0.15, 0.2) is 0 Å². The third-order valence-corrected chi connectivity index (χ3v) is 4.01. The van der Waals surface area contributed by atoms with E-state index in [2.05, 4.69) is 21.2 Å². The van der Waals surface area contributed by atoms with E-state index in [1.165, 1.54) is 6.07 Å². The van der Waals surface area contributed by atoms with Crippen LogP contribution < -0.4 is 11.1 Å². The van der Waals surface area contributed by atoms with E-state index in [1.54, 1.807) is 24.3 Å². The summed E-state index contributed by atoms with van der Waals surface area (Å²) in [6, 6.07) is 8.25. The molecule has 0 heterocycles. The molecule has 0 saturated heterocycles. The standard InChI is InChI=1S/C12H8BrClFIN2/c13-7-3-6(14)1-2-11(7)18-12-4-8(15)9(16)5-10(12)17/h1-5,18H,17H2. The Balaban J connectivity index is 2.37. The molecule has 0 amide bonds. The molecule has 0 spiro atoms. The van der Waals surface area contributed by atoms with Gasteiger partial charge in [0.05, 0.1) is 20.6 Å². The van der Waals surface area contributed by atoms with Crippen molar-refractivity contribution >= 4 is 67.2 Å².